The summed E-state index contributed by atoms with van der Waals surface area (Å²) in [4.78, 5) is 14.0. The smallest absolute Gasteiger partial charge is 0.138 e. The van der Waals surface area contributed by atoms with E-state index in [9.17, 15) is 4.79 Å². The van der Waals surface area contributed by atoms with E-state index < -0.39 is 0 Å². The van der Waals surface area contributed by atoms with Gasteiger partial charge in [-0.05, 0) is 32.1 Å². The van der Waals surface area contributed by atoms with E-state index in [0.717, 1.165) is 45.1 Å². The van der Waals surface area contributed by atoms with Crippen molar-refractivity contribution in [3.05, 3.63) is 0 Å². The van der Waals surface area contributed by atoms with Crippen molar-refractivity contribution in [3.8, 4) is 0 Å². The predicted molar refractivity (Wildman–Crippen MR) is 68.0 cm³/mol. The van der Waals surface area contributed by atoms with Crippen LogP contribution < -0.4 is 0 Å². The monoisotopic (exact) mass is 239 g/mol. The van der Waals surface area contributed by atoms with Gasteiger partial charge >= 0.3 is 0 Å². The molecule has 2 aliphatic rings. The second kappa shape index (κ2) is 5.96. The Bertz CT molecular complexity index is 263. The zero-order valence-electron chi connectivity index (χ0n) is 11.2. The van der Waals surface area contributed by atoms with Gasteiger partial charge in [-0.15, -0.1) is 0 Å². The molecule has 2 atom stereocenters. The zero-order valence-corrected chi connectivity index (χ0v) is 11.2. The van der Waals surface area contributed by atoms with Crippen molar-refractivity contribution < 1.29 is 9.53 Å². The summed E-state index contributed by atoms with van der Waals surface area (Å²) < 4.78 is 5.64. The predicted octanol–water partition coefficient (Wildman–Crippen LogP) is 2.10. The van der Waals surface area contributed by atoms with Crippen LogP contribution in [0.3, 0.4) is 0 Å². The number of ketones is 1. The Labute approximate surface area is 105 Å². The van der Waals surface area contributed by atoms with Gasteiger partial charge in [-0.25, -0.2) is 0 Å². The quantitative estimate of drug-likeness (QED) is 0.665. The van der Waals surface area contributed by atoms with E-state index in [4.69, 9.17) is 4.74 Å². The van der Waals surface area contributed by atoms with Gasteiger partial charge in [0.25, 0.3) is 0 Å². The van der Waals surface area contributed by atoms with Crippen molar-refractivity contribution in [2.24, 2.45) is 11.8 Å². The molecule has 1 saturated heterocycles. The number of carbonyl (C=O) groups is 1. The highest BCUT2D eigenvalue weighted by Gasteiger charge is 2.30. The van der Waals surface area contributed by atoms with Crippen LogP contribution in [0.25, 0.3) is 0 Å². The molecule has 0 spiro atoms. The molecule has 2 rings (SSSR count). The molecule has 0 aromatic rings. The van der Waals surface area contributed by atoms with Crippen LogP contribution in [0.1, 0.15) is 39.5 Å². The van der Waals surface area contributed by atoms with E-state index in [0.29, 0.717) is 11.8 Å². The number of rotatable bonds is 6. The fourth-order valence-electron chi connectivity index (χ4n) is 2.49. The molecule has 3 heteroatoms. The summed E-state index contributed by atoms with van der Waals surface area (Å²) in [5.74, 6) is 1.50. The standard InChI is InChI=1S/C14H25NO2/c1-11-12(2)15(8-6-14(11)16)7-3-9-17-10-13-4-5-13/h11-13H,3-10H2,1-2H3. The molecule has 0 N–H and O–H groups in total. The van der Waals surface area contributed by atoms with Gasteiger partial charge in [0, 0.05) is 44.7 Å². The summed E-state index contributed by atoms with van der Waals surface area (Å²) in [6.07, 6.45) is 4.55. The minimum atomic E-state index is 0.205. The van der Waals surface area contributed by atoms with Crippen LogP contribution in [0.4, 0.5) is 0 Å². The number of ether oxygens (including phenoxy) is 1. The Morgan fingerprint density at radius 2 is 2.12 bits per heavy atom. The zero-order chi connectivity index (χ0) is 12.3. The summed E-state index contributed by atoms with van der Waals surface area (Å²) in [5, 5.41) is 0. The van der Waals surface area contributed by atoms with Crippen LogP contribution in [0.15, 0.2) is 0 Å². The van der Waals surface area contributed by atoms with Crippen molar-refractivity contribution >= 4 is 5.78 Å². The van der Waals surface area contributed by atoms with Crippen molar-refractivity contribution in [2.75, 3.05) is 26.3 Å². The van der Waals surface area contributed by atoms with Crippen LogP contribution >= 0.6 is 0 Å². The molecule has 0 aromatic carbocycles. The van der Waals surface area contributed by atoms with Crippen molar-refractivity contribution in [1.29, 1.82) is 0 Å². The lowest BCUT2D eigenvalue weighted by Crippen LogP contribution is -2.47. The molecule has 2 fully saturated rings. The summed E-state index contributed by atoms with van der Waals surface area (Å²) in [7, 11) is 0. The van der Waals surface area contributed by atoms with Crippen LogP contribution in [-0.2, 0) is 9.53 Å². The van der Waals surface area contributed by atoms with Gasteiger partial charge in [0.1, 0.15) is 5.78 Å². The normalized spacial score (nSPS) is 30.8. The van der Waals surface area contributed by atoms with Crippen LogP contribution in [-0.4, -0.2) is 43.0 Å². The first-order valence-corrected chi connectivity index (χ1v) is 7.03. The second-order valence-corrected chi connectivity index (χ2v) is 5.65. The van der Waals surface area contributed by atoms with E-state index in [1.54, 1.807) is 0 Å². The molecule has 1 aliphatic carbocycles. The van der Waals surface area contributed by atoms with Gasteiger partial charge in [0.2, 0.25) is 0 Å². The molecule has 0 amide bonds. The molecule has 1 heterocycles. The Balaban J connectivity index is 1.59. The number of carbonyl (C=O) groups excluding carboxylic acids is 1. The maximum absolute atomic E-state index is 11.6. The second-order valence-electron chi connectivity index (χ2n) is 5.65. The highest BCUT2D eigenvalue weighted by atomic mass is 16.5. The fourth-order valence-corrected chi connectivity index (χ4v) is 2.49. The van der Waals surface area contributed by atoms with Gasteiger partial charge in [0.15, 0.2) is 0 Å². The average Bonchev–Trinajstić information content (AvgIpc) is 3.12. The summed E-state index contributed by atoms with van der Waals surface area (Å²) in [6, 6.07) is 0.402. The molecular weight excluding hydrogens is 214 g/mol. The molecule has 0 radical (unpaired) electrons. The largest absolute Gasteiger partial charge is 0.381 e. The third kappa shape index (κ3) is 3.78. The molecule has 17 heavy (non-hydrogen) atoms. The molecule has 3 nitrogen and oxygen atoms in total. The third-order valence-electron chi connectivity index (χ3n) is 4.24. The van der Waals surface area contributed by atoms with E-state index in [-0.39, 0.29) is 5.92 Å². The van der Waals surface area contributed by atoms with Crippen molar-refractivity contribution in [2.45, 2.75) is 45.6 Å². The number of hydrogen-bond acceptors (Lipinski definition) is 3. The first kappa shape index (κ1) is 13.0. The van der Waals surface area contributed by atoms with E-state index in [1.807, 2.05) is 0 Å². The molecule has 98 valence electrons. The number of nitrogens with zero attached hydrogens (tertiary/aromatic N) is 1. The Morgan fingerprint density at radius 3 is 2.82 bits per heavy atom. The van der Waals surface area contributed by atoms with E-state index >= 15 is 0 Å². The topological polar surface area (TPSA) is 29.5 Å². The van der Waals surface area contributed by atoms with Crippen LogP contribution in [0.2, 0.25) is 0 Å². The Morgan fingerprint density at radius 1 is 1.35 bits per heavy atom. The third-order valence-corrected chi connectivity index (χ3v) is 4.24. The molecular formula is C14H25NO2. The summed E-state index contributed by atoms with van der Waals surface area (Å²) in [5.41, 5.74) is 0. The lowest BCUT2D eigenvalue weighted by atomic mass is 9.90. The van der Waals surface area contributed by atoms with Gasteiger partial charge in [0.05, 0.1) is 0 Å². The minimum absolute atomic E-state index is 0.205. The molecule has 0 bridgehead atoms. The van der Waals surface area contributed by atoms with E-state index in [2.05, 4.69) is 18.7 Å². The van der Waals surface area contributed by atoms with Crippen molar-refractivity contribution in [1.82, 2.24) is 4.90 Å². The highest BCUT2D eigenvalue weighted by molar-refractivity contribution is 5.82. The van der Waals surface area contributed by atoms with Gasteiger partial charge in [-0.1, -0.05) is 6.92 Å². The fraction of sp³-hybridized carbons (Fsp3) is 0.929. The lowest BCUT2D eigenvalue weighted by Gasteiger charge is -2.36. The first-order chi connectivity index (χ1) is 8.18. The van der Waals surface area contributed by atoms with Gasteiger partial charge < -0.3 is 4.74 Å². The number of Topliss-reactive ketones (excluding diaryl/α,β-unsaturated/α-hetero) is 1. The van der Waals surface area contributed by atoms with Gasteiger partial charge in [-0.2, -0.15) is 0 Å². The molecule has 1 saturated carbocycles. The number of hydrogen-bond donors (Lipinski definition) is 0. The van der Waals surface area contributed by atoms with Crippen LogP contribution in [0, 0.1) is 11.8 Å². The molecule has 1 aliphatic heterocycles. The molecule has 0 aromatic heterocycles. The van der Waals surface area contributed by atoms with Gasteiger partial charge in [-0.3, -0.25) is 9.69 Å². The maximum Gasteiger partial charge on any atom is 0.138 e. The minimum Gasteiger partial charge on any atom is -0.381 e. The highest BCUT2D eigenvalue weighted by Crippen LogP contribution is 2.28. The van der Waals surface area contributed by atoms with Crippen LogP contribution in [0.5, 0.6) is 0 Å². The van der Waals surface area contributed by atoms with E-state index in [1.165, 1.54) is 12.8 Å². The molecule has 2 unspecified atom stereocenters. The Hall–Kier alpha value is -0.410. The maximum atomic E-state index is 11.6. The average molecular weight is 239 g/mol. The number of likely N-dealkylation sites (tertiary alicyclic amines) is 1. The number of piperidine rings is 1. The van der Waals surface area contributed by atoms with Crippen molar-refractivity contribution in [3.63, 3.8) is 0 Å². The Kier molecular flexibility index (Phi) is 4.57. The first-order valence-electron chi connectivity index (χ1n) is 7.03. The lowest BCUT2D eigenvalue weighted by molar-refractivity contribution is -0.127. The SMILES string of the molecule is CC1C(=O)CCN(CCCOCC2CC2)C1C. The summed E-state index contributed by atoms with van der Waals surface area (Å²) in [6.45, 7) is 8.08. The summed E-state index contributed by atoms with van der Waals surface area (Å²) >= 11 is 0.